The lowest BCUT2D eigenvalue weighted by atomic mass is 10.1. The molecule has 19 heavy (non-hydrogen) atoms. The highest BCUT2D eigenvalue weighted by atomic mass is 19.4. The SMILES string of the molecule is O=C(O)/C=C/c1cc(C(F)(F)F)nc(C(F)(F)F)c1. The fourth-order valence-corrected chi connectivity index (χ4v) is 1.11. The van der Waals surface area contributed by atoms with E-state index in [0.29, 0.717) is 24.3 Å². The molecule has 1 aromatic rings. The van der Waals surface area contributed by atoms with E-state index in [9.17, 15) is 31.1 Å². The minimum atomic E-state index is -5.06. The van der Waals surface area contributed by atoms with E-state index in [4.69, 9.17) is 5.11 Å². The summed E-state index contributed by atoms with van der Waals surface area (Å²) in [6.45, 7) is 0. The van der Waals surface area contributed by atoms with E-state index in [1.54, 1.807) is 0 Å². The molecule has 0 saturated heterocycles. The lowest BCUT2D eigenvalue weighted by Gasteiger charge is -2.11. The van der Waals surface area contributed by atoms with Gasteiger partial charge in [-0.15, -0.1) is 0 Å². The number of hydrogen-bond donors (Lipinski definition) is 1. The lowest BCUT2D eigenvalue weighted by molar-refractivity contribution is -0.150. The molecule has 0 bridgehead atoms. The standard InChI is InChI=1S/C10H5F6NO2/c11-9(12,13)6-3-5(1-2-8(18)19)4-7(17-6)10(14,15)16/h1-4H,(H,18,19)/b2-1+. The first-order chi connectivity index (χ1) is 8.50. The Balaban J connectivity index is 3.37. The van der Waals surface area contributed by atoms with Gasteiger partial charge in [0.25, 0.3) is 0 Å². The van der Waals surface area contributed by atoms with Crippen molar-refractivity contribution >= 4 is 12.0 Å². The van der Waals surface area contributed by atoms with Gasteiger partial charge in [-0.2, -0.15) is 26.3 Å². The van der Waals surface area contributed by atoms with E-state index in [1.807, 2.05) is 0 Å². The quantitative estimate of drug-likeness (QED) is 0.670. The van der Waals surface area contributed by atoms with Crippen LogP contribution in [-0.4, -0.2) is 16.1 Å². The van der Waals surface area contributed by atoms with Gasteiger partial charge < -0.3 is 5.11 Å². The Kier molecular flexibility index (Phi) is 3.87. The van der Waals surface area contributed by atoms with Crippen LogP contribution in [-0.2, 0) is 17.1 Å². The molecule has 0 aliphatic carbocycles. The van der Waals surface area contributed by atoms with Crippen LogP contribution in [0.5, 0.6) is 0 Å². The summed E-state index contributed by atoms with van der Waals surface area (Å²) in [4.78, 5) is 12.7. The number of alkyl halides is 6. The van der Waals surface area contributed by atoms with Gasteiger partial charge in [0.2, 0.25) is 0 Å². The summed E-state index contributed by atoms with van der Waals surface area (Å²) in [6.07, 6.45) is -9.08. The van der Waals surface area contributed by atoms with Gasteiger partial charge in [-0.25, -0.2) is 9.78 Å². The van der Waals surface area contributed by atoms with Crippen molar-refractivity contribution in [2.24, 2.45) is 0 Å². The minimum Gasteiger partial charge on any atom is -0.478 e. The van der Waals surface area contributed by atoms with Gasteiger partial charge in [-0.1, -0.05) is 0 Å². The van der Waals surface area contributed by atoms with Crippen LogP contribution in [0.4, 0.5) is 26.3 Å². The first-order valence-electron chi connectivity index (χ1n) is 4.57. The highest BCUT2D eigenvalue weighted by molar-refractivity contribution is 5.85. The highest BCUT2D eigenvalue weighted by Gasteiger charge is 2.38. The molecule has 0 unspecified atom stereocenters. The second-order valence-corrected chi connectivity index (χ2v) is 3.34. The molecule has 0 amide bonds. The molecule has 0 fully saturated rings. The molecule has 0 aromatic carbocycles. The average molecular weight is 285 g/mol. The van der Waals surface area contributed by atoms with E-state index in [2.05, 4.69) is 4.98 Å². The van der Waals surface area contributed by atoms with Crippen molar-refractivity contribution < 1.29 is 36.2 Å². The van der Waals surface area contributed by atoms with Gasteiger partial charge >= 0.3 is 18.3 Å². The molecule has 0 atom stereocenters. The molecule has 1 N–H and O–H groups in total. The fraction of sp³-hybridized carbons (Fsp3) is 0.200. The Morgan fingerprint density at radius 3 is 1.79 bits per heavy atom. The second-order valence-electron chi connectivity index (χ2n) is 3.34. The van der Waals surface area contributed by atoms with E-state index < -0.39 is 35.3 Å². The molecular weight excluding hydrogens is 280 g/mol. The largest absolute Gasteiger partial charge is 0.478 e. The number of hydrogen-bond acceptors (Lipinski definition) is 2. The lowest BCUT2D eigenvalue weighted by Crippen LogP contribution is -2.15. The molecular formula is C10H5F6NO2. The fourth-order valence-electron chi connectivity index (χ4n) is 1.11. The second kappa shape index (κ2) is 4.90. The molecule has 1 rings (SSSR count). The van der Waals surface area contributed by atoms with Gasteiger partial charge in [-0.3, -0.25) is 0 Å². The number of aliphatic carboxylic acids is 1. The van der Waals surface area contributed by atoms with Crippen LogP contribution in [0.1, 0.15) is 17.0 Å². The minimum absolute atomic E-state index is 0.328. The van der Waals surface area contributed by atoms with E-state index in [-0.39, 0.29) is 0 Å². The molecule has 9 heteroatoms. The topological polar surface area (TPSA) is 50.2 Å². The molecule has 1 aromatic heterocycles. The van der Waals surface area contributed by atoms with Crippen molar-refractivity contribution in [3.05, 3.63) is 35.2 Å². The van der Waals surface area contributed by atoms with Crippen molar-refractivity contribution in [2.75, 3.05) is 0 Å². The summed E-state index contributed by atoms with van der Waals surface area (Å²) in [7, 11) is 0. The zero-order chi connectivity index (χ0) is 14.8. The van der Waals surface area contributed by atoms with Gasteiger partial charge in [-0.05, 0) is 23.8 Å². The maximum atomic E-state index is 12.4. The molecule has 0 spiro atoms. The maximum Gasteiger partial charge on any atom is 0.433 e. The Morgan fingerprint density at radius 2 is 1.47 bits per heavy atom. The molecule has 0 aliphatic heterocycles. The number of nitrogens with zero attached hydrogens (tertiary/aromatic N) is 1. The van der Waals surface area contributed by atoms with Crippen LogP contribution in [0, 0.1) is 0 Å². The average Bonchev–Trinajstić information content (AvgIpc) is 2.23. The predicted molar refractivity (Wildman–Crippen MR) is 50.9 cm³/mol. The van der Waals surface area contributed by atoms with Crippen molar-refractivity contribution in [1.29, 1.82) is 0 Å². The first kappa shape index (κ1) is 15.0. The van der Waals surface area contributed by atoms with Crippen LogP contribution in [0.15, 0.2) is 18.2 Å². The molecule has 0 saturated carbocycles. The van der Waals surface area contributed by atoms with Crippen LogP contribution in [0.2, 0.25) is 0 Å². The third-order valence-electron chi connectivity index (χ3n) is 1.85. The van der Waals surface area contributed by atoms with Crippen molar-refractivity contribution in [1.82, 2.24) is 4.98 Å². The molecule has 1 heterocycles. The van der Waals surface area contributed by atoms with Crippen molar-refractivity contribution in [3.63, 3.8) is 0 Å². The Morgan fingerprint density at radius 1 is 1.05 bits per heavy atom. The molecule has 104 valence electrons. The number of aromatic nitrogens is 1. The Bertz CT molecular complexity index is 485. The van der Waals surface area contributed by atoms with Crippen molar-refractivity contribution in [2.45, 2.75) is 12.4 Å². The monoisotopic (exact) mass is 285 g/mol. The highest BCUT2D eigenvalue weighted by Crippen LogP contribution is 2.33. The Labute approximate surface area is 102 Å². The number of carbonyl (C=O) groups is 1. The predicted octanol–water partition coefficient (Wildman–Crippen LogP) is 3.22. The maximum absolute atomic E-state index is 12.4. The summed E-state index contributed by atoms with van der Waals surface area (Å²) in [5.74, 6) is -1.50. The number of halogens is 6. The smallest absolute Gasteiger partial charge is 0.433 e. The number of carboxylic acids is 1. The van der Waals surface area contributed by atoms with Gasteiger partial charge in [0.05, 0.1) is 0 Å². The van der Waals surface area contributed by atoms with E-state index in [1.165, 1.54) is 0 Å². The zero-order valence-electron chi connectivity index (χ0n) is 8.88. The number of carboxylic acid groups (broad SMARTS) is 1. The summed E-state index contributed by atoms with van der Waals surface area (Å²) in [5, 5.41) is 8.29. The summed E-state index contributed by atoms with van der Waals surface area (Å²) in [5.41, 5.74) is -4.04. The molecule has 3 nitrogen and oxygen atoms in total. The third kappa shape index (κ3) is 4.27. The summed E-state index contributed by atoms with van der Waals surface area (Å²) >= 11 is 0. The summed E-state index contributed by atoms with van der Waals surface area (Å²) < 4.78 is 74.2. The molecule has 0 radical (unpaired) electrons. The van der Waals surface area contributed by atoms with Crippen LogP contribution < -0.4 is 0 Å². The van der Waals surface area contributed by atoms with Crippen LogP contribution in [0.3, 0.4) is 0 Å². The number of rotatable bonds is 2. The first-order valence-corrected chi connectivity index (χ1v) is 4.57. The van der Waals surface area contributed by atoms with E-state index in [0.717, 1.165) is 0 Å². The van der Waals surface area contributed by atoms with Crippen LogP contribution >= 0.6 is 0 Å². The molecule has 0 aliphatic rings. The van der Waals surface area contributed by atoms with E-state index >= 15 is 0 Å². The Hall–Kier alpha value is -2.06. The van der Waals surface area contributed by atoms with Crippen molar-refractivity contribution in [3.8, 4) is 0 Å². The summed E-state index contributed by atoms with van der Waals surface area (Å²) in [6, 6.07) is 0.656. The number of pyridine rings is 1. The normalized spacial score (nSPS) is 12.9. The van der Waals surface area contributed by atoms with Gasteiger partial charge in [0.15, 0.2) is 0 Å². The third-order valence-corrected chi connectivity index (χ3v) is 1.85. The van der Waals surface area contributed by atoms with Crippen LogP contribution in [0.25, 0.3) is 6.08 Å². The van der Waals surface area contributed by atoms with Gasteiger partial charge in [0, 0.05) is 6.08 Å². The zero-order valence-corrected chi connectivity index (χ0v) is 8.88. The van der Waals surface area contributed by atoms with Gasteiger partial charge in [0.1, 0.15) is 11.4 Å².